The van der Waals surface area contributed by atoms with E-state index in [4.69, 9.17) is 21.9 Å². The zero-order chi connectivity index (χ0) is 25.2. The maximum Gasteiger partial charge on any atom is 0.267 e. The fourth-order valence-corrected chi connectivity index (χ4v) is 5.83. The van der Waals surface area contributed by atoms with Crippen molar-refractivity contribution in [2.75, 3.05) is 31.6 Å². The first-order chi connectivity index (χ1) is 17.4. The molecule has 0 aliphatic carbocycles. The predicted molar refractivity (Wildman–Crippen MR) is 149 cm³/mol. The molecular weight excluding hydrogens is 492 g/mol. The molecule has 2 aliphatic heterocycles. The number of pyridine rings is 1. The molecule has 7 nitrogen and oxygen atoms in total. The largest absolute Gasteiger partial charge is 0.497 e. The zero-order valence-corrected chi connectivity index (χ0v) is 22.0. The van der Waals surface area contributed by atoms with Crippen molar-refractivity contribution >= 4 is 51.7 Å². The molecule has 0 spiro atoms. The average molecular weight is 521 g/mol. The summed E-state index contributed by atoms with van der Waals surface area (Å²) in [4.78, 5) is 36.0. The number of fused-ring (bicyclic) bond motifs is 1. The van der Waals surface area contributed by atoms with E-state index in [2.05, 4.69) is 11.8 Å². The standard InChI is InChI=1S/C27H28N4O3S2/c1-18-10-14-29(15-11-18)24-21(25(32)30-13-4-3-5-23(30)28-24)17-22-26(33)31(27(35)36-22)16-12-19-6-8-20(34-2)9-7-19/h3-9,13,17-18H,10-12,14-16H2,1-2H3/b22-17-. The number of nitrogens with zero attached hydrogens (tertiary/aromatic N) is 4. The molecule has 0 unspecified atom stereocenters. The summed E-state index contributed by atoms with van der Waals surface area (Å²) in [7, 11) is 1.63. The lowest BCUT2D eigenvalue weighted by atomic mass is 9.99. The van der Waals surface area contributed by atoms with E-state index in [1.807, 2.05) is 36.4 Å². The van der Waals surface area contributed by atoms with Crippen LogP contribution < -0.4 is 15.2 Å². The Labute approximate surface area is 219 Å². The van der Waals surface area contributed by atoms with Crippen molar-refractivity contribution in [1.29, 1.82) is 0 Å². The minimum atomic E-state index is -0.183. The van der Waals surface area contributed by atoms with Gasteiger partial charge in [-0.2, -0.15) is 0 Å². The normalized spacial score (nSPS) is 18.0. The van der Waals surface area contributed by atoms with Crippen LogP contribution in [0.1, 0.15) is 30.9 Å². The van der Waals surface area contributed by atoms with E-state index >= 15 is 0 Å². The first kappa shape index (κ1) is 24.5. The van der Waals surface area contributed by atoms with Gasteiger partial charge in [0.1, 0.15) is 21.5 Å². The third-order valence-corrected chi connectivity index (χ3v) is 8.14. The molecule has 186 valence electrons. The summed E-state index contributed by atoms with van der Waals surface area (Å²) < 4.78 is 7.25. The highest BCUT2D eigenvalue weighted by atomic mass is 32.2. The summed E-state index contributed by atoms with van der Waals surface area (Å²) >= 11 is 6.79. The van der Waals surface area contributed by atoms with Gasteiger partial charge in [-0.3, -0.25) is 18.9 Å². The van der Waals surface area contributed by atoms with Crippen molar-refractivity contribution < 1.29 is 9.53 Å². The van der Waals surface area contributed by atoms with Gasteiger partial charge in [-0.15, -0.1) is 0 Å². The Kier molecular flexibility index (Phi) is 7.11. The number of benzene rings is 1. The third-order valence-electron chi connectivity index (χ3n) is 6.76. The van der Waals surface area contributed by atoms with Crippen molar-refractivity contribution in [3.8, 4) is 5.75 Å². The van der Waals surface area contributed by atoms with Crippen LogP contribution in [0.4, 0.5) is 5.82 Å². The molecule has 5 rings (SSSR count). The van der Waals surface area contributed by atoms with Crippen LogP contribution in [0, 0.1) is 5.92 Å². The second kappa shape index (κ2) is 10.4. The Bertz CT molecular complexity index is 1390. The first-order valence-corrected chi connectivity index (χ1v) is 13.3. The number of carbonyl (C=O) groups excluding carboxylic acids is 1. The van der Waals surface area contributed by atoms with Crippen LogP contribution in [0.2, 0.25) is 0 Å². The molecule has 36 heavy (non-hydrogen) atoms. The maximum atomic E-state index is 13.6. The zero-order valence-electron chi connectivity index (χ0n) is 20.3. The summed E-state index contributed by atoms with van der Waals surface area (Å²) in [5.74, 6) is 1.91. The molecule has 2 aromatic heterocycles. The lowest BCUT2D eigenvalue weighted by Gasteiger charge is -2.32. The van der Waals surface area contributed by atoms with E-state index in [0.29, 0.717) is 45.1 Å². The molecule has 9 heteroatoms. The fraction of sp³-hybridized carbons (Fsp3) is 0.333. The minimum Gasteiger partial charge on any atom is -0.497 e. The molecule has 1 aromatic carbocycles. The van der Waals surface area contributed by atoms with Crippen LogP contribution in [0.25, 0.3) is 11.7 Å². The number of rotatable bonds is 6. The molecular formula is C27H28N4O3S2. The number of thiocarbonyl (C=S) groups is 1. The van der Waals surface area contributed by atoms with Gasteiger partial charge in [-0.25, -0.2) is 4.98 Å². The number of ether oxygens (including phenoxy) is 1. The van der Waals surface area contributed by atoms with Gasteiger partial charge in [-0.05, 0) is 61.1 Å². The highest BCUT2D eigenvalue weighted by Crippen LogP contribution is 2.34. The van der Waals surface area contributed by atoms with E-state index < -0.39 is 0 Å². The van der Waals surface area contributed by atoms with Crippen LogP contribution in [0.3, 0.4) is 0 Å². The van der Waals surface area contributed by atoms with Gasteiger partial charge in [0.2, 0.25) is 0 Å². The first-order valence-electron chi connectivity index (χ1n) is 12.1. The lowest BCUT2D eigenvalue weighted by molar-refractivity contribution is -0.122. The van der Waals surface area contributed by atoms with Gasteiger partial charge in [0, 0.05) is 25.8 Å². The average Bonchev–Trinajstić information content (AvgIpc) is 3.17. The quantitative estimate of drug-likeness (QED) is 0.353. The van der Waals surface area contributed by atoms with Gasteiger partial charge in [0.05, 0.1) is 17.6 Å². The van der Waals surface area contributed by atoms with Gasteiger partial charge in [0.25, 0.3) is 11.5 Å². The van der Waals surface area contributed by atoms with Crippen LogP contribution in [-0.2, 0) is 11.2 Å². The Morgan fingerprint density at radius 1 is 1.14 bits per heavy atom. The van der Waals surface area contributed by atoms with Gasteiger partial charge in [-0.1, -0.05) is 49.1 Å². The number of hydrogen-bond acceptors (Lipinski definition) is 7. The van der Waals surface area contributed by atoms with Crippen molar-refractivity contribution in [3.63, 3.8) is 0 Å². The topological polar surface area (TPSA) is 67.2 Å². The Balaban J connectivity index is 1.45. The number of methoxy groups -OCH3 is 1. The highest BCUT2D eigenvalue weighted by molar-refractivity contribution is 8.26. The Morgan fingerprint density at radius 3 is 2.61 bits per heavy atom. The Hall–Kier alpha value is -3.17. The number of thioether (sulfide) groups is 1. The van der Waals surface area contributed by atoms with E-state index in [1.165, 1.54) is 16.2 Å². The molecule has 3 aromatic rings. The number of carbonyl (C=O) groups is 1. The summed E-state index contributed by atoms with van der Waals surface area (Å²) in [5, 5.41) is 0. The van der Waals surface area contributed by atoms with Gasteiger partial charge in [0.15, 0.2) is 0 Å². The summed E-state index contributed by atoms with van der Waals surface area (Å²) in [5.41, 5.74) is 1.94. The van der Waals surface area contributed by atoms with E-state index in [1.54, 1.807) is 30.3 Å². The molecule has 4 heterocycles. The van der Waals surface area contributed by atoms with E-state index in [0.717, 1.165) is 37.2 Å². The SMILES string of the molecule is COc1ccc(CCN2C(=O)/C(=C/c3c(N4CCC(C)CC4)nc4ccccn4c3=O)SC2=S)cc1. The summed E-state index contributed by atoms with van der Waals surface area (Å²) in [6, 6.07) is 13.3. The number of amides is 1. The molecule has 0 N–H and O–H groups in total. The second-order valence-corrected chi connectivity index (χ2v) is 10.9. The molecule has 1 amide bonds. The van der Waals surface area contributed by atoms with Gasteiger partial charge < -0.3 is 9.64 Å². The molecule has 2 saturated heterocycles. The molecule has 0 bridgehead atoms. The molecule has 0 saturated carbocycles. The maximum absolute atomic E-state index is 13.6. The van der Waals surface area contributed by atoms with Crippen molar-refractivity contribution in [1.82, 2.24) is 14.3 Å². The van der Waals surface area contributed by atoms with Crippen molar-refractivity contribution in [2.45, 2.75) is 26.2 Å². The van der Waals surface area contributed by atoms with Crippen LogP contribution >= 0.6 is 24.0 Å². The minimum absolute atomic E-state index is 0.172. The summed E-state index contributed by atoms with van der Waals surface area (Å²) in [6.07, 6.45) is 6.16. The molecule has 2 fully saturated rings. The number of aromatic nitrogens is 2. The van der Waals surface area contributed by atoms with Crippen LogP contribution in [-0.4, -0.2) is 51.3 Å². The number of anilines is 1. The lowest BCUT2D eigenvalue weighted by Crippen LogP contribution is -2.36. The van der Waals surface area contributed by atoms with E-state index in [-0.39, 0.29) is 11.5 Å². The third kappa shape index (κ3) is 4.90. The van der Waals surface area contributed by atoms with Crippen LogP contribution in [0.15, 0.2) is 58.4 Å². The molecule has 0 atom stereocenters. The summed E-state index contributed by atoms with van der Waals surface area (Å²) in [6.45, 7) is 4.39. The second-order valence-electron chi connectivity index (χ2n) is 9.18. The van der Waals surface area contributed by atoms with Crippen molar-refractivity contribution in [2.24, 2.45) is 5.92 Å². The highest BCUT2D eigenvalue weighted by Gasteiger charge is 2.33. The predicted octanol–water partition coefficient (Wildman–Crippen LogP) is 4.38. The Morgan fingerprint density at radius 2 is 1.89 bits per heavy atom. The van der Waals surface area contributed by atoms with Gasteiger partial charge >= 0.3 is 0 Å². The smallest absolute Gasteiger partial charge is 0.267 e. The molecule has 2 aliphatic rings. The van der Waals surface area contributed by atoms with Crippen molar-refractivity contribution in [3.05, 3.63) is 75.0 Å². The number of hydrogen-bond donors (Lipinski definition) is 0. The van der Waals surface area contributed by atoms with E-state index in [9.17, 15) is 9.59 Å². The number of piperidine rings is 1. The molecule has 0 radical (unpaired) electrons. The fourth-order valence-electron chi connectivity index (χ4n) is 4.54. The van der Waals surface area contributed by atoms with Crippen LogP contribution in [0.5, 0.6) is 5.75 Å². The monoisotopic (exact) mass is 520 g/mol.